The monoisotopic (exact) mass is 652 g/mol. The zero-order valence-electron chi connectivity index (χ0n) is 27.2. The molecule has 1 heterocycles. The Morgan fingerprint density at radius 1 is 0.795 bits per heavy atom. The lowest BCUT2D eigenvalue weighted by atomic mass is 9.84. The highest BCUT2D eigenvalue weighted by Crippen LogP contribution is 2.31. The lowest BCUT2D eigenvalue weighted by Gasteiger charge is -2.49. The second-order valence-electron chi connectivity index (χ2n) is 12.5. The Labute approximate surface area is 266 Å². The van der Waals surface area contributed by atoms with Gasteiger partial charge in [0, 0.05) is 0 Å². The fraction of sp³-hybridized carbons (Fsp3) is 0.938. The molecule has 0 saturated carbocycles. The molecule has 1 saturated heterocycles. The van der Waals surface area contributed by atoms with Crippen molar-refractivity contribution in [2.24, 2.45) is 5.73 Å². The van der Waals surface area contributed by atoms with E-state index < -0.39 is 65.0 Å². The van der Waals surface area contributed by atoms with Crippen molar-refractivity contribution in [1.82, 2.24) is 4.72 Å². The van der Waals surface area contributed by atoms with Crippen LogP contribution in [0.1, 0.15) is 129 Å². The maximum absolute atomic E-state index is 13.1. The van der Waals surface area contributed by atoms with Gasteiger partial charge >= 0.3 is 0 Å². The fourth-order valence-electron chi connectivity index (χ4n) is 5.70. The van der Waals surface area contributed by atoms with Gasteiger partial charge in [0.2, 0.25) is 10.0 Å². The number of sulfonamides is 1. The van der Waals surface area contributed by atoms with Gasteiger partial charge in [0.1, 0.15) is 30.5 Å². The van der Waals surface area contributed by atoms with Crippen LogP contribution in [0.2, 0.25) is 0 Å². The average Bonchev–Trinajstić information content (AvgIpc) is 2.99. The molecule has 1 aliphatic rings. The van der Waals surface area contributed by atoms with Crippen LogP contribution in [-0.4, -0.2) is 99.8 Å². The van der Waals surface area contributed by atoms with Crippen LogP contribution in [0.5, 0.6) is 0 Å². The number of unbranched alkanes of at least 4 members (excludes halogenated alkanes) is 16. The lowest BCUT2D eigenvalue weighted by Crippen LogP contribution is -2.76. The van der Waals surface area contributed by atoms with E-state index in [9.17, 15) is 39.1 Å². The van der Waals surface area contributed by atoms with Crippen LogP contribution in [-0.2, 0) is 14.8 Å². The van der Waals surface area contributed by atoms with Crippen LogP contribution < -0.4 is 10.5 Å². The molecular formula is C32H64N2O9S. The Balaban J connectivity index is 2.80. The molecule has 1 fully saturated rings. The summed E-state index contributed by atoms with van der Waals surface area (Å²) in [6, 6.07) is -1.73. The van der Waals surface area contributed by atoms with Gasteiger partial charge in [-0.1, -0.05) is 122 Å². The summed E-state index contributed by atoms with van der Waals surface area (Å²) in [5, 5.41) is 63.5. The van der Waals surface area contributed by atoms with Crippen molar-refractivity contribution in [2.45, 2.75) is 178 Å². The van der Waals surface area contributed by atoms with Crippen molar-refractivity contribution < 1.29 is 43.8 Å². The number of allylic oxidation sites excluding steroid dienone is 1. The van der Waals surface area contributed by atoms with Gasteiger partial charge in [0.15, 0.2) is 5.72 Å². The number of aliphatic hydroxyl groups is 6. The first-order valence-electron chi connectivity index (χ1n) is 17.1. The van der Waals surface area contributed by atoms with Crippen molar-refractivity contribution in [3.8, 4) is 0 Å². The second kappa shape index (κ2) is 22.8. The Kier molecular flexibility index (Phi) is 21.4. The zero-order valence-corrected chi connectivity index (χ0v) is 28.0. The number of nitrogens with two attached hydrogens (primary N) is 1. The van der Waals surface area contributed by atoms with E-state index in [1.807, 2.05) is 0 Å². The van der Waals surface area contributed by atoms with Crippen molar-refractivity contribution in [3.63, 3.8) is 0 Å². The molecule has 0 bridgehead atoms. The minimum Gasteiger partial charge on any atom is -0.394 e. The van der Waals surface area contributed by atoms with Crippen LogP contribution in [0.25, 0.3) is 0 Å². The van der Waals surface area contributed by atoms with E-state index >= 15 is 0 Å². The number of hydrogen-bond acceptors (Lipinski definition) is 10. The average molecular weight is 653 g/mol. The number of rotatable bonds is 26. The normalized spacial score (nSPS) is 25.7. The third-order valence-electron chi connectivity index (χ3n) is 8.60. The van der Waals surface area contributed by atoms with Crippen LogP contribution in [0.15, 0.2) is 12.2 Å². The molecule has 11 nitrogen and oxygen atoms in total. The summed E-state index contributed by atoms with van der Waals surface area (Å²) >= 11 is 0. The summed E-state index contributed by atoms with van der Waals surface area (Å²) in [4.78, 5) is 0. The molecule has 1 aliphatic heterocycles. The molecule has 0 aromatic rings. The van der Waals surface area contributed by atoms with Crippen molar-refractivity contribution in [1.29, 1.82) is 0 Å². The van der Waals surface area contributed by atoms with E-state index in [1.54, 1.807) is 6.08 Å². The first-order valence-corrected chi connectivity index (χ1v) is 18.7. The molecule has 8 atom stereocenters. The minimum absolute atomic E-state index is 0.320. The predicted molar refractivity (Wildman–Crippen MR) is 173 cm³/mol. The lowest BCUT2D eigenvalue weighted by molar-refractivity contribution is -0.278. The summed E-state index contributed by atoms with van der Waals surface area (Å²) in [6.07, 6.45) is 11.5. The SMILES string of the molecule is CCCCCCCCCCCCC/C=C/[C@@H](O)[C@@H](N)C(O)(NS(=O)(=O)CCCCCCCC)C1O[C@H](CO)[C@@H](O)[C@H](O)[C@H]1O. The molecule has 262 valence electrons. The van der Waals surface area contributed by atoms with Crippen molar-refractivity contribution in [3.05, 3.63) is 12.2 Å². The number of aliphatic hydroxyl groups excluding tert-OH is 5. The number of nitrogens with one attached hydrogen (secondary N) is 1. The second-order valence-corrected chi connectivity index (χ2v) is 14.4. The van der Waals surface area contributed by atoms with Gasteiger partial charge in [-0.3, -0.25) is 0 Å². The van der Waals surface area contributed by atoms with E-state index in [2.05, 4.69) is 18.6 Å². The molecule has 0 spiro atoms. The van der Waals surface area contributed by atoms with E-state index in [0.717, 1.165) is 44.9 Å². The van der Waals surface area contributed by atoms with Gasteiger partial charge in [-0.05, 0) is 19.3 Å². The quantitative estimate of drug-likeness (QED) is 0.0390. The summed E-state index contributed by atoms with van der Waals surface area (Å²) < 4.78 is 33.8. The highest BCUT2D eigenvalue weighted by atomic mass is 32.2. The van der Waals surface area contributed by atoms with E-state index in [-0.39, 0.29) is 5.75 Å². The first-order chi connectivity index (χ1) is 20.9. The van der Waals surface area contributed by atoms with E-state index in [0.29, 0.717) is 19.3 Å². The molecule has 0 aromatic heterocycles. The molecule has 0 aliphatic carbocycles. The summed E-state index contributed by atoms with van der Waals surface area (Å²) in [5.41, 5.74) is 3.46. The van der Waals surface area contributed by atoms with Gasteiger partial charge in [0.05, 0.1) is 24.5 Å². The molecular weight excluding hydrogens is 588 g/mol. The summed E-state index contributed by atoms with van der Waals surface area (Å²) in [6.45, 7) is 3.52. The summed E-state index contributed by atoms with van der Waals surface area (Å²) in [5.74, 6) is -0.337. The van der Waals surface area contributed by atoms with Gasteiger partial charge in [-0.25, -0.2) is 8.42 Å². The molecule has 1 rings (SSSR count). The molecule has 0 radical (unpaired) electrons. The van der Waals surface area contributed by atoms with Crippen LogP contribution in [0.3, 0.4) is 0 Å². The standard InChI is InChI=1S/C32H64N2O9S/c1-3-5-7-9-11-12-13-14-15-16-17-18-20-22-25(36)30(33)32(40,31-29(39)28(38)27(37)26(24-35)43-31)34-44(41,42)23-21-19-10-8-6-4-2/h20,22,25-31,34-40H,3-19,21,23-24,33H2,1-2H3/b22-20+/t25-,26-,27-,28+,29-,30-,31?,32?/m1/s1. The number of hydrogen-bond donors (Lipinski definition) is 8. The topological polar surface area (TPSA) is 203 Å². The predicted octanol–water partition coefficient (Wildman–Crippen LogP) is 2.74. The molecule has 9 N–H and O–H groups in total. The molecule has 2 unspecified atom stereocenters. The van der Waals surface area contributed by atoms with Crippen molar-refractivity contribution in [2.75, 3.05) is 12.4 Å². The van der Waals surface area contributed by atoms with Crippen molar-refractivity contribution >= 4 is 10.0 Å². The molecule has 44 heavy (non-hydrogen) atoms. The highest BCUT2D eigenvalue weighted by Gasteiger charge is 2.57. The molecule has 0 amide bonds. The maximum atomic E-state index is 13.1. The largest absolute Gasteiger partial charge is 0.394 e. The maximum Gasteiger partial charge on any atom is 0.214 e. The van der Waals surface area contributed by atoms with Crippen LogP contribution in [0.4, 0.5) is 0 Å². The summed E-state index contributed by atoms with van der Waals surface area (Å²) in [7, 11) is -4.20. The Morgan fingerprint density at radius 2 is 1.27 bits per heavy atom. The number of ether oxygens (including phenoxy) is 1. The zero-order chi connectivity index (χ0) is 33.0. The molecule has 12 heteroatoms. The third kappa shape index (κ3) is 14.8. The van der Waals surface area contributed by atoms with E-state index in [4.69, 9.17) is 10.5 Å². The van der Waals surface area contributed by atoms with Gasteiger partial charge in [-0.15, -0.1) is 0 Å². The highest BCUT2D eigenvalue weighted by molar-refractivity contribution is 7.89. The fourth-order valence-corrected chi connectivity index (χ4v) is 7.13. The Morgan fingerprint density at radius 3 is 1.77 bits per heavy atom. The van der Waals surface area contributed by atoms with Gasteiger partial charge in [-0.2, -0.15) is 4.72 Å². The first kappa shape index (κ1) is 41.4. The minimum atomic E-state index is -4.20. The third-order valence-corrected chi connectivity index (χ3v) is 10.1. The van der Waals surface area contributed by atoms with E-state index in [1.165, 1.54) is 57.4 Å². The Bertz CT molecular complexity index is 861. The smallest absolute Gasteiger partial charge is 0.214 e. The van der Waals surface area contributed by atoms with Crippen LogP contribution >= 0.6 is 0 Å². The van der Waals surface area contributed by atoms with Crippen LogP contribution in [0, 0.1) is 0 Å². The van der Waals surface area contributed by atoms with Gasteiger partial charge < -0.3 is 41.1 Å². The molecule has 0 aromatic carbocycles. The Hall–Kier alpha value is -0.670. The van der Waals surface area contributed by atoms with Gasteiger partial charge in [0.25, 0.3) is 0 Å².